The van der Waals surface area contributed by atoms with Crippen molar-refractivity contribution in [3.8, 4) is 17.0 Å². The summed E-state index contributed by atoms with van der Waals surface area (Å²) in [6, 6.07) is 3.02. The van der Waals surface area contributed by atoms with Gasteiger partial charge in [0, 0.05) is 36.1 Å². The van der Waals surface area contributed by atoms with Crippen LogP contribution in [0.5, 0.6) is 5.75 Å². The zero-order valence-electron chi connectivity index (χ0n) is 17.3. The number of nitrogen functional groups attached to an aromatic ring is 1. The summed E-state index contributed by atoms with van der Waals surface area (Å²) in [6.45, 7) is 4.04. The number of nitrogens with two attached hydrogens (primary N) is 1. The van der Waals surface area contributed by atoms with Crippen LogP contribution in [-0.4, -0.2) is 63.2 Å². The number of hydrogen-bond donors (Lipinski definition) is 3. The first-order valence-corrected chi connectivity index (χ1v) is 10.8. The summed E-state index contributed by atoms with van der Waals surface area (Å²) < 4.78 is 6.02. The first-order valence-electron chi connectivity index (χ1n) is 10.0. The minimum Gasteiger partial charge on any atom is -0.492 e. The molecule has 0 atom stereocenters. The monoisotopic (exact) mass is 480 g/mol. The Morgan fingerprint density at radius 3 is 2.69 bits per heavy atom. The molecule has 4 N–H and O–H groups in total. The lowest BCUT2D eigenvalue weighted by molar-refractivity contribution is 0.0587. The lowest BCUT2D eigenvalue weighted by Gasteiger charge is -2.36. The Morgan fingerprint density at radius 2 is 2.00 bits per heavy atom. The number of carbonyl (C=O) groups is 2. The highest BCUT2D eigenvalue weighted by atomic mass is 35.5. The molecule has 0 aliphatic carbocycles. The maximum atomic E-state index is 12.3. The number of anilines is 1. The van der Waals surface area contributed by atoms with E-state index in [4.69, 9.17) is 38.8 Å². The van der Waals surface area contributed by atoms with E-state index >= 15 is 0 Å². The molecule has 0 radical (unpaired) electrons. The van der Waals surface area contributed by atoms with Crippen LogP contribution in [0.25, 0.3) is 11.3 Å². The van der Waals surface area contributed by atoms with Crippen molar-refractivity contribution < 1.29 is 19.4 Å². The number of rotatable bonds is 5. The van der Waals surface area contributed by atoms with Crippen LogP contribution >= 0.6 is 23.2 Å². The van der Waals surface area contributed by atoms with E-state index in [1.54, 1.807) is 17.0 Å². The fourth-order valence-electron chi connectivity index (χ4n) is 3.82. The van der Waals surface area contributed by atoms with Gasteiger partial charge in [0.05, 0.1) is 41.7 Å². The fourth-order valence-corrected chi connectivity index (χ4v) is 4.38. The number of ether oxygens (including phenoxy) is 1. The van der Waals surface area contributed by atoms with Crippen LogP contribution in [0.15, 0.2) is 12.1 Å². The molecule has 0 unspecified atom stereocenters. The normalized spacial score (nSPS) is 15.3. The predicted molar refractivity (Wildman–Crippen MR) is 119 cm³/mol. The smallest absolute Gasteiger partial charge is 0.407 e. The molecular weight excluding hydrogens is 459 g/mol. The van der Waals surface area contributed by atoms with E-state index in [0.29, 0.717) is 72.1 Å². The van der Waals surface area contributed by atoms with E-state index in [2.05, 4.69) is 15.3 Å². The maximum Gasteiger partial charge on any atom is 0.407 e. The van der Waals surface area contributed by atoms with Gasteiger partial charge in [0.25, 0.3) is 0 Å². The lowest BCUT2D eigenvalue weighted by Crippen LogP contribution is -2.51. The van der Waals surface area contributed by atoms with E-state index < -0.39 is 6.09 Å². The third kappa shape index (κ3) is 4.33. The second-order valence-electron chi connectivity index (χ2n) is 7.67. The minimum absolute atomic E-state index is 0.0598. The van der Waals surface area contributed by atoms with Crippen molar-refractivity contribution in [1.82, 2.24) is 25.1 Å². The molecule has 3 amide bonds. The van der Waals surface area contributed by atoms with Crippen molar-refractivity contribution in [2.24, 2.45) is 5.92 Å². The van der Waals surface area contributed by atoms with Crippen molar-refractivity contribution in [2.75, 3.05) is 32.0 Å². The molecule has 0 spiro atoms. The third-order valence-electron chi connectivity index (χ3n) is 5.37. The number of urea groups is 1. The summed E-state index contributed by atoms with van der Waals surface area (Å²) in [5.74, 6) is 0.531. The Balaban J connectivity index is 1.65. The second kappa shape index (κ2) is 8.87. The Hall–Kier alpha value is -2.98. The Bertz CT molecular complexity index is 1080. The van der Waals surface area contributed by atoms with Gasteiger partial charge in [-0.05, 0) is 19.1 Å². The molecule has 0 saturated carbocycles. The molecule has 2 aliphatic rings. The summed E-state index contributed by atoms with van der Waals surface area (Å²) in [7, 11) is 0. The number of amides is 3. The van der Waals surface area contributed by atoms with Crippen LogP contribution in [0.1, 0.15) is 18.2 Å². The first-order chi connectivity index (χ1) is 15.3. The molecule has 4 rings (SSSR count). The van der Waals surface area contributed by atoms with Crippen molar-refractivity contribution >= 4 is 41.3 Å². The summed E-state index contributed by atoms with van der Waals surface area (Å²) in [6.07, 6.45) is -0.948. The van der Waals surface area contributed by atoms with Crippen LogP contribution in [-0.2, 0) is 13.1 Å². The lowest BCUT2D eigenvalue weighted by atomic mass is 10.0. The summed E-state index contributed by atoms with van der Waals surface area (Å²) in [5, 5.41) is 12.5. The van der Waals surface area contributed by atoms with Gasteiger partial charge < -0.3 is 30.7 Å². The van der Waals surface area contributed by atoms with Crippen LogP contribution < -0.4 is 15.8 Å². The molecule has 10 nitrogen and oxygen atoms in total. The highest BCUT2D eigenvalue weighted by Gasteiger charge is 2.33. The fraction of sp³-hybridized carbons (Fsp3) is 0.400. The second-order valence-corrected chi connectivity index (χ2v) is 8.52. The number of likely N-dealkylation sites (tertiary alicyclic amines) is 1. The molecule has 2 aromatic rings. The Morgan fingerprint density at radius 1 is 1.25 bits per heavy atom. The Labute approximate surface area is 194 Å². The number of fused-ring (bicyclic) bond motifs is 1. The summed E-state index contributed by atoms with van der Waals surface area (Å²) >= 11 is 12.8. The van der Waals surface area contributed by atoms with Gasteiger partial charge in [-0.25, -0.2) is 19.6 Å². The molecular formula is C20H22Cl2N6O4. The molecule has 1 aromatic heterocycles. The zero-order chi connectivity index (χ0) is 23.0. The van der Waals surface area contributed by atoms with Crippen LogP contribution in [0.2, 0.25) is 10.0 Å². The third-order valence-corrected chi connectivity index (χ3v) is 5.89. The molecule has 170 valence electrons. The number of nitrogens with zero attached hydrogens (tertiary/aromatic N) is 4. The largest absolute Gasteiger partial charge is 0.492 e. The number of nitrogens with one attached hydrogen (secondary N) is 1. The van der Waals surface area contributed by atoms with Gasteiger partial charge >= 0.3 is 12.1 Å². The molecule has 32 heavy (non-hydrogen) atoms. The molecule has 1 fully saturated rings. The quantitative estimate of drug-likeness (QED) is 0.598. The molecule has 1 aromatic carbocycles. The van der Waals surface area contributed by atoms with Crippen molar-refractivity contribution in [3.05, 3.63) is 33.4 Å². The average molecular weight is 481 g/mol. The van der Waals surface area contributed by atoms with Gasteiger partial charge in [-0.3, -0.25) is 0 Å². The molecule has 12 heteroatoms. The van der Waals surface area contributed by atoms with Gasteiger partial charge in [0.1, 0.15) is 5.75 Å². The number of hydrogen-bond acceptors (Lipinski definition) is 6. The van der Waals surface area contributed by atoms with Crippen LogP contribution in [0.4, 0.5) is 15.5 Å². The minimum atomic E-state index is -0.948. The van der Waals surface area contributed by atoms with Crippen molar-refractivity contribution in [1.29, 1.82) is 0 Å². The summed E-state index contributed by atoms with van der Waals surface area (Å²) in [5.41, 5.74) is 8.34. The van der Waals surface area contributed by atoms with E-state index in [1.165, 1.54) is 4.90 Å². The predicted octanol–water partition coefficient (Wildman–Crippen LogP) is 3.07. The van der Waals surface area contributed by atoms with E-state index in [0.717, 1.165) is 5.56 Å². The molecule has 3 heterocycles. The van der Waals surface area contributed by atoms with Gasteiger partial charge in [-0.15, -0.1) is 0 Å². The van der Waals surface area contributed by atoms with Gasteiger partial charge in [-0.1, -0.05) is 23.2 Å². The maximum absolute atomic E-state index is 12.3. The standard InChI is InChI=1S/C20H22Cl2N6O4/c1-2-24-19(29)27-7-12-14(8-27)25-18(23)26-17(12)16-13(22)3-11(21)4-15(16)32-9-10-5-28(6-10)20(30)31/h3-4,10H,2,5-9H2,1H3,(H,24,29)(H,30,31)(H2,23,25,26). The topological polar surface area (TPSA) is 134 Å². The average Bonchev–Trinajstić information content (AvgIpc) is 3.10. The van der Waals surface area contributed by atoms with Gasteiger partial charge in [0.2, 0.25) is 5.95 Å². The number of halogens is 2. The van der Waals surface area contributed by atoms with E-state index in [9.17, 15) is 9.59 Å². The van der Waals surface area contributed by atoms with E-state index in [1.807, 2.05) is 6.92 Å². The van der Waals surface area contributed by atoms with Crippen molar-refractivity contribution in [3.63, 3.8) is 0 Å². The first kappa shape index (κ1) is 22.2. The number of carbonyl (C=O) groups excluding carboxylic acids is 1. The highest BCUT2D eigenvalue weighted by molar-refractivity contribution is 6.37. The SMILES string of the molecule is CCNC(=O)N1Cc2nc(N)nc(-c3c(Cl)cc(Cl)cc3OCC3CN(C(=O)O)C3)c2C1. The van der Waals surface area contributed by atoms with Gasteiger partial charge in [-0.2, -0.15) is 0 Å². The van der Waals surface area contributed by atoms with Crippen LogP contribution in [0.3, 0.4) is 0 Å². The Kier molecular flexibility index (Phi) is 6.16. The van der Waals surface area contributed by atoms with Crippen LogP contribution in [0, 0.1) is 5.92 Å². The number of aromatic nitrogens is 2. The van der Waals surface area contributed by atoms with Crippen molar-refractivity contribution in [2.45, 2.75) is 20.0 Å². The highest BCUT2D eigenvalue weighted by Crippen LogP contribution is 2.42. The van der Waals surface area contributed by atoms with Gasteiger partial charge in [0.15, 0.2) is 0 Å². The molecule has 2 aliphatic heterocycles. The van der Waals surface area contributed by atoms with E-state index in [-0.39, 0.29) is 17.9 Å². The summed E-state index contributed by atoms with van der Waals surface area (Å²) in [4.78, 5) is 35.0. The number of carboxylic acid groups (broad SMARTS) is 1. The zero-order valence-corrected chi connectivity index (χ0v) is 18.8. The molecule has 1 saturated heterocycles. The molecule has 0 bridgehead atoms. The number of benzene rings is 1.